The molecule has 0 spiro atoms. The molecule has 1 fully saturated rings. The lowest BCUT2D eigenvalue weighted by Crippen LogP contribution is -2.23. The predicted molar refractivity (Wildman–Crippen MR) is 64.8 cm³/mol. The molecule has 0 heterocycles. The van der Waals surface area contributed by atoms with Gasteiger partial charge in [0, 0.05) is 6.04 Å². The molecule has 1 aromatic carbocycles. The lowest BCUT2D eigenvalue weighted by molar-refractivity contribution is 0.472. The van der Waals surface area contributed by atoms with Crippen LogP contribution in [0.25, 0.3) is 0 Å². The summed E-state index contributed by atoms with van der Waals surface area (Å²) in [5, 5.41) is 3.47. The number of benzene rings is 1. The lowest BCUT2D eigenvalue weighted by atomic mass is 9.99. The van der Waals surface area contributed by atoms with Crippen molar-refractivity contribution in [1.82, 2.24) is 5.32 Å². The first kappa shape index (κ1) is 11.6. The highest BCUT2D eigenvalue weighted by Crippen LogP contribution is 2.46. The molecule has 3 unspecified atom stereocenters. The fourth-order valence-corrected chi connectivity index (χ4v) is 2.35. The van der Waals surface area contributed by atoms with Gasteiger partial charge in [-0.05, 0) is 48.9 Å². The molecule has 88 valence electrons. The second kappa shape index (κ2) is 4.54. The van der Waals surface area contributed by atoms with Crippen LogP contribution in [0, 0.1) is 24.6 Å². The zero-order chi connectivity index (χ0) is 11.7. The Morgan fingerprint density at radius 1 is 1.50 bits per heavy atom. The molecule has 0 aromatic heterocycles. The van der Waals surface area contributed by atoms with E-state index in [4.69, 9.17) is 0 Å². The molecule has 1 aliphatic rings. The smallest absolute Gasteiger partial charge is 0.126 e. The van der Waals surface area contributed by atoms with Gasteiger partial charge in [-0.3, -0.25) is 0 Å². The van der Waals surface area contributed by atoms with E-state index in [1.807, 2.05) is 6.07 Å². The number of rotatable bonds is 4. The Labute approximate surface area is 97.1 Å². The first-order chi connectivity index (χ1) is 7.63. The Balaban J connectivity index is 2.21. The van der Waals surface area contributed by atoms with E-state index >= 15 is 0 Å². The van der Waals surface area contributed by atoms with Crippen molar-refractivity contribution < 1.29 is 4.39 Å². The summed E-state index contributed by atoms with van der Waals surface area (Å²) in [6.45, 7) is 7.11. The van der Waals surface area contributed by atoms with Gasteiger partial charge in [0.15, 0.2) is 0 Å². The number of aryl methyl sites for hydroxylation is 1. The summed E-state index contributed by atoms with van der Waals surface area (Å²) in [7, 11) is 0. The van der Waals surface area contributed by atoms with Crippen LogP contribution in [0.2, 0.25) is 0 Å². The zero-order valence-electron chi connectivity index (χ0n) is 10.3. The fraction of sp³-hybridized carbons (Fsp3) is 0.571. The van der Waals surface area contributed by atoms with Crippen molar-refractivity contribution in [3.8, 4) is 0 Å². The van der Waals surface area contributed by atoms with Gasteiger partial charge in [0.25, 0.3) is 0 Å². The summed E-state index contributed by atoms with van der Waals surface area (Å²) in [5.74, 6) is 1.36. The minimum atomic E-state index is -0.0892. The maximum absolute atomic E-state index is 13.5. The van der Waals surface area contributed by atoms with Crippen molar-refractivity contribution >= 4 is 0 Å². The molecule has 16 heavy (non-hydrogen) atoms. The normalized spacial score (nSPS) is 25.5. The highest BCUT2D eigenvalue weighted by Gasteiger charge is 2.39. The van der Waals surface area contributed by atoms with E-state index in [2.05, 4.69) is 25.2 Å². The minimum Gasteiger partial charge on any atom is -0.310 e. The standard InChI is InChI=1S/C14H20FN/c1-4-16-14(12-7-10(12)3)11-6-5-9(2)13(15)8-11/h5-6,8,10,12,14,16H,4,7H2,1-3H3. The second-order valence-corrected chi connectivity index (χ2v) is 4.92. The van der Waals surface area contributed by atoms with E-state index in [1.54, 1.807) is 13.0 Å². The van der Waals surface area contributed by atoms with Crippen LogP contribution >= 0.6 is 0 Å². The highest BCUT2D eigenvalue weighted by atomic mass is 19.1. The molecule has 1 aliphatic carbocycles. The second-order valence-electron chi connectivity index (χ2n) is 4.92. The number of hydrogen-bond donors (Lipinski definition) is 1. The van der Waals surface area contributed by atoms with E-state index in [9.17, 15) is 4.39 Å². The Kier molecular flexibility index (Phi) is 3.29. The van der Waals surface area contributed by atoms with Crippen LogP contribution in [0.5, 0.6) is 0 Å². The molecule has 1 nitrogen and oxygen atoms in total. The molecular formula is C14H20FN. The number of halogens is 1. The molecule has 1 saturated carbocycles. The van der Waals surface area contributed by atoms with Gasteiger partial charge in [0.2, 0.25) is 0 Å². The van der Waals surface area contributed by atoms with Gasteiger partial charge < -0.3 is 5.32 Å². The van der Waals surface area contributed by atoms with E-state index in [0.717, 1.165) is 23.6 Å². The van der Waals surface area contributed by atoms with Crippen molar-refractivity contribution in [3.63, 3.8) is 0 Å². The van der Waals surface area contributed by atoms with Gasteiger partial charge in [0.1, 0.15) is 5.82 Å². The van der Waals surface area contributed by atoms with E-state index in [-0.39, 0.29) is 5.82 Å². The molecule has 2 rings (SSSR count). The third kappa shape index (κ3) is 2.27. The van der Waals surface area contributed by atoms with Gasteiger partial charge in [-0.2, -0.15) is 0 Å². The number of nitrogens with one attached hydrogen (secondary N) is 1. The summed E-state index contributed by atoms with van der Waals surface area (Å²) in [6, 6.07) is 5.95. The van der Waals surface area contributed by atoms with E-state index in [0.29, 0.717) is 12.0 Å². The van der Waals surface area contributed by atoms with Gasteiger partial charge in [-0.25, -0.2) is 4.39 Å². The van der Waals surface area contributed by atoms with Crippen LogP contribution in [0.1, 0.15) is 37.4 Å². The molecule has 2 heteroatoms. The summed E-state index contributed by atoms with van der Waals surface area (Å²) in [4.78, 5) is 0. The molecule has 0 saturated heterocycles. The monoisotopic (exact) mass is 221 g/mol. The Morgan fingerprint density at radius 3 is 2.69 bits per heavy atom. The zero-order valence-corrected chi connectivity index (χ0v) is 10.3. The Bertz CT molecular complexity index is 375. The van der Waals surface area contributed by atoms with Crippen LogP contribution in [-0.2, 0) is 0 Å². The van der Waals surface area contributed by atoms with Crippen LogP contribution in [-0.4, -0.2) is 6.54 Å². The highest BCUT2D eigenvalue weighted by molar-refractivity contribution is 5.27. The predicted octanol–water partition coefficient (Wildman–Crippen LogP) is 3.44. The fourth-order valence-electron chi connectivity index (χ4n) is 2.35. The largest absolute Gasteiger partial charge is 0.310 e. The Hall–Kier alpha value is -0.890. The van der Waals surface area contributed by atoms with E-state index < -0.39 is 0 Å². The van der Waals surface area contributed by atoms with Crippen LogP contribution < -0.4 is 5.32 Å². The molecule has 3 atom stereocenters. The van der Waals surface area contributed by atoms with Crippen molar-refractivity contribution in [2.45, 2.75) is 33.2 Å². The van der Waals surface area contributed by atoms with Gasteiger partial charge >= 0.3 is 0 Å². The molecule has 0 bridgehead atoms. The van der Waals surface area contributed by atoms with Crippen LogP contribution in [0.3, 0.4) is 0 Å². The summed E-state index contributed by atoms with van der Waals surface area (Å²) >= 11 is 0. The number of hydrogen-bond acceptors (Lipinski definition) is 1. The summed E-state index contributed by atoms with van der Waals surface area (Å²) < 4.78 is 13.5. The van der Waals surface area contributed by atoms with Crippen LogP contribution in [0.4, 0.5) is 4.39 Å². The van der Waals surface area contributed by atoms with E-state index in [1.165, 1.54) is 6.42 Å². The maximum atomic E-state index is 13.5. The average Bonchev–Trinajstić information content (AvgIpc) is 2.96. The van der Waals surface area contributed by atoms with Crippen molar-refractivity contribution in [1.29, 1.82) is 0 Å². The first-order valence-electron chi connectivity index (χ1n) is 6.13. The summed E-state index contributed by atoms with van der Waals surface area (Å²) in [6.07, 6.45) is 1.26. The first-order valence-corrected chi connectivity index (χ1v) is 6.13. The SMILES string of the molecule is CCNC(c1ccc(C)c(F)c1)C1CC1C. The minimum absolute atomic E-state index is 0.0892. The van der Waals surface area contributed by atoms with Crippen LogP contribution in [0.15, 0.2) is 18.2 Å². The van der Waals surface area contributed by atoms with Crippen molar-refractivity contribution in [2.75, 3.05) is 6.54 Å². The third-order valence-electron chi connectivity index (χ3n) is 3.58. The maximum Gasteiger partial charge on any atom is 0.126 e. The van der Waals surface area contributed by atoms with Gasteiger partial charge in [-0.15, -0.1) is 0 Å². The van der Waals surface area contributed by atoms with Gasteiger partial charge in [0.05, 0.1) is 0 Å². The average molecular weight is 221 g/mol. The molecule has 0 radical (unpaired) electrons. The third-order valence-corrected chi connectivity index (χ3v) is 3.58. The van der Waals surface area contributed by atoms with Crippen molar-refractivity contribution in [2.24, 2.45) is 11.8 Å². The quantitative estimate of drug-likeness (QED) is 0.821. The molecule has 1 aromatic rings. The summed E-state index contributed by atoms with van der Waals surface area (Å²) in [5.41, 5.74) is 1.82. The topological polar surface area (TPSA) is 12.0 Å². The van der Waals surface area contributed by atoms with Crippen molar-refractivity contribution in [3.05, 3.63) is 35.1 Å². The molecular weight excluding hydrogens is 201 g/mol. The molecule has 0 aliphatic heterocycles. The lowest BCUT2D eigenvalue weighted by Gasteiger charge is -2.18. The Morgan fingerprint density at radius 2 is 2.19 bits per heavy atom. The van der Waals surface area contributed by atoms with Gasteiger partial charge in [-0.1, -0.05) is 26.0 Å². The molecule has 0 amide bonds. The molecule has 1 N–H and O–H groups in total.